The molecule has 2 N–H and O–H groups in total. The lowest BCUT2D eigenvalue weighted by molar-refractivity contribution is 0.227. The molecule has 0 radical (unpaired) electrons. The maximum atomic E-state index is 5.59. The summed E-state index contributed by atoms with van der Waals surface area (Å²) in [5.41, 5.74) is 6.76. The third-order valence-corrected chi connectivity index (χ3v) is 3.97. The molecule has 0 amide bonds. The first-order chi connectivity index (χ1) is 7.20. The second-order valence-corrected chi connectivity index (χ2v) is 5.03. The summed E-state index contributed by atoms with van der Waals surface area (Å²) in [6.07, 6.45) is 4.07. The number of nitrogens with two attached hydrogens (primary N) is 1. The second kappa shape index (κ2) is 4.64. The summed E-state index contributed by atoms with van der Waals surface area (Å²) in [5.74, 6) is 0. The Bertz CT molecular complexity index is 239. The van der Waals surface area contributed by atoms with Gasteiger partial charge in [-0.25, -0.2) is 0 Å². The molecule has 0 spiro atoms. The third-order valence-electron chi connectivity index (χ3n) is 3.97. The summed E-state index contributed by atoms with van der Waals surface area (Å²) in [4.78, 5) is 5.10. The van der Waals surface area contributed by atoms with Crippen LogP contribution in [0, 0.1) is 0 Å². The summed E-state index contributed by atoms with van der Waals surface area (Å²) >= 11 is 0. The van der Waals surface area contributed by atoms with Gasteiger partial charge in [0.2, 0.25) is 0 Å². The van der Waals surface area contributed by atoms with Crippen molar-refractivity contribution in [3.05, 3.63) is 12.2 Å². The van der Waals surface area contributed by atoms with E-state index in [1.54, 1.807) is 0 Å². The lowest BCUT2D eigenvalue weighted by Crippen LogP contribution is -2.37. The fourth-order valence-electron chi connectivity index (χ4n) is 2.90. The molecule has 2 aliphatic heterocycles. The molecule has 2 unspecified atom stereocenters. The minimum atomic E-state index is 0.625. The molecule has 0 aromatic heterocycles. The molecule has 86 valence electrons. The number of fused-ring (bicyclic) bond motifs is 2. The van der Waals surface area contributed by atoms with Crippen molar-refractivity contribution < 1.29 is 0 Å². The molecule has 0 aromatic carbocycles. The fraction of sp³-hybridized carbons (Fsp3) is 0.833. The standard InChI is InChI=1S/C12H23N3/c1-10(7-13)8-15-6-5-11-3-4-12(9-15)14(11)2/h11-12H,1,3-9,13H2,2H3. The van der Waals surface area contributed by atoms with Crippen molar-refractivity contribution in [2.24, 2.45) is 5.73 Å². The van der Waals surface area contributed by atoms with Crippen LogP contribution < -0.4 is 5.73 Å². The highest BCUT2D eigenvalue weighted by Crippen LogP contribution is 2.28. The Hall–Kier alpha value is -0.380. The van der Waals surface area contributed by atoms with Crippen LogP contribution in [0.1, 0.15) is 19.3 Å². The Kier molecular flexibility index (Phi) is 3.44. The number of likely N-dealkylation sites (tertiary alicyclic amines) is 1. The molecular formula is C12H23N3. The van der Waals surface area contributed by atoms with Crippen molar-refractivity contribution >= 4 is 0 Å². The molecule has 0 aliphatic carbocycles. The Balaban J connectivity index is 1.92. The second-order valence-electron chi connectivity index (χ2n) is 5.03. The highest BCUT2D eigenvalue weighted by atomic mass is 15.3. The Morgan fingerprint density at radius 1 is 1.33 bits per heavy atom. The zero-order valence-corrected chi connectivity index (χ0v) is 9.78. The van der Waals surface area contributed by atoms with Crippen LogP contribution in [0.3, 0.4) is 0 Å². The Morgan fingerprint density at radius 2 is 2.07 bits per heavy atom. The van der Waals surface area contributed by atoms with Gasteiger partial charge >= 0.3 is 0 Å². The monoisotopic (exact) mass is 209 g/mol. The molecule has 2 fully saturated rings. The summed E-state index contributed by atoms with van der Waals surface area (Å²) in [7, 11) is 2.28. The molecular weight excluding hydrogens is 186 g/mol. The topological polar surface area (TPSA) is 32.5 Å². The van der Waals surface area contributed by atoms with E-state index in [-0.39, 0.29) is 0 Å². The predicted molar refractivity (Wildman–Crippen MR) is 63.8 cm³/mol. The zero-order valence-electron chi connectivity index (χ0n) is 9.78. The van der Waals surface area contributed by atoms with E-state index in [0.717, 1.165) is 24.2 Å². The van der Waals surface area contributed by atoms with Crippen molar-refractivity contribution in [2.75, 3.05) is 33.2 Å². The van der Waals surface area contributed by atoms with E-state index in [2.05, 4.69) is 23.4 Å². The van der Waals surface area contributed by atoms with E-state index >= 15 is 0 Å². The smallest absolute Gasteiger partial charge is 0.0223 e. The van der Waals surface area contributed by atoms with Crippen LogP contribution in [0.25, 0.3) is 0 Å². The molecule has 2 rings (SSSR count). The maximum absolute atomic E-state index is 5.59. The number of hydrogen-bond acceptors (Lipinski definition) is 3. The number of hydrogen-bond donors (Lipinski definition) is 1. The highest BCUT2D eigenvalue weighted by Gasteiger charge is 2.34. The van der Waals surface area contributed by atoms with E-state index in [1.165, 1.54) is 32.4 Å². The van der Waals surface area contributed by atoms with Gasteiger partial charge in [-0.1, -0.05) is 6.58 Å². The van der Waals surface area contributed by atoms with Crippen molar-refractivity contribution in [3.8, 4) is 0 Å². The summed E-state index contributed by atoms with van der Waals surface area (Å²) in [6, 6.07) is 1.59. The Labute approximate surface area is 92.9 Å². The van der Waals surface area contributed by atoms with Crippen LogP contribution in [-0.2, 0) is 0 Å². The number of rotatable bonds is 3. The van der Waals surface area contributed by atoms with Gasteiger partial charge in [-0.15, -0.1) is 0 Å². The molecule has 2 bridgehead atoms. The fourth-order valence-corrected chi connectivity index (χ4v) is 2.90. The Morgan fingerprint density at radius 3 is 2.80 bits per heavy atom. The van der Waals surface area contributed by atoms with Gasteiger partial charge < -0.3 is 5.73 Å². The molecule has 3 heteroatoms. The molecule has 15 heavy (non-hydrogen) atoms. The van der Waals surface area contributed by atoms with Crippen LogP contribution in [0.4, 0.5) is 0 Å². The molecule has 0 aromatic rings. The van der Waals surface area contributed by atoms with Crippen LogP contribution >= 0.6 is 0 Å². The van der Waals surface area contributed by atoms with E-state index in [4.69, 9.17) is 5.73 Å². The molecule has 2 atom stereocenters. The van der Waals surface area contributed by atoms with Crippen molar-refractivity contribution in [2.45, 2.75) is 31.3 Å². The molecule has 2 heterocycles. The lowest BCUT2D eigenvalue weighted by Gasteiger charge is -2.26. The van der Waals surface area contributed by atoms with Gasteiger partial charge in [-0.2, -0.15) is 0 Å². The molecule has 2 saturated heterocycles. The SMILES string of the molecule is C=C(CN)CN1CCC2CCC(C1)N2C. The first kappa shape index (κ1) is 11.1. The first-order valence-corrected chi connectivity index (χ1v) is 6.01. The van der Waals surface area contributed by atoms with Crippen LogP contribution in [0.2, 0.25) is 0 Å². The van der Waals surface area contributed by atoms with Crippen LogP contribution in [-0.4, -0.2) is 55.1 Å². The maximum Gasteiger partial charge on any atom is 0.0223 e. The quantitative estimate of drug-likeness (QED) is 0.693. The van der Waals surface area contributed by atoms with Gasteiger partial charge in [0, 0.05) is 38.3 Å². The molecule has 3 nitrogen and oxygen atoms in total. The predicted octanol–water partition coefficient (Wildman–Crippen LogP) is 0.670. The summed E-state index contributed by atoms with van der Waals surface area (Å²) < 4.78 is 0. The van der Waals surface area contributed by atoms with Crippen molar-refractivity contribution in [1.29, 1.82) is 0 Å². The van der Waals surface area contributed by atoms with Crippen molar-refractivity contribution in [3.63, 3.8) is 0 Å². The molecule has 2 aliphatic rings. The van der Waals surface area contributed by atoms with E-state index in [9.17, 15) is 0 Å². The van der Waals surface area contributed by atoms with Crippen molar-refractivity contribution in [1.82, 2.24) is 9.80 Å². The number of nitrogens with zero attached hydrogens (tertiary/aromatic N) is 2. The van der Waals surface area contributed by atoms with Gasteiger partial charge in [0.25, 0.3) is 0 Å². The minimum absolute atomic E-state index is 0.625. The van der Waals surface area contributed by atoms with E-state index < -0.39 is 0 Å². The van der Waals surface area contributed by atoms with Gasteiger partial charge in [0.05, 0.1) is 0 Å². The minimum Gasteiger partial charge on any atom is -0.327 e. The largest absolute Gasteiger partial charge is 0.327 e. The first-order valence-electron chi connectivity index (χ1n) is 6.01. The third kappa shape index (κ3) is 2.41. The van der Waals surface area contributed by atoms with E-state index in [0.29, 0.717) is 6.54 Å². The van der Waals surface area contributed by atoms with E-state index in [1.807, 2.05) is 0 Å². The van der Waals surface area contributed by atoms with Crippen LogP contribution in [0.5, 0.6) is 0 Å². The van der Waals surface area contributed by atoms with Gasteiger partial charge in [0.1, 0.15) is 0 Å². The average Bonchev–Trinajstić information content (AvgIpc) is 2.46. The number of likely N-dealkylation sites (N-methyl/N-ethyl adjacent to an activating group) is 1. The van der Waals surface area contributed by atoms with Gasteiger partial charge in [0.15, 0.2) is 0 Å². The van der Waals surface area contributed by atoms with Gasteiger partial charge in [-0.05, 0) is 31.9 Å². The average molecular weight is 209 g/mol. The highest BCUT2D eigenvalue weighted by molar-refractivity contribution is 5.01. The summed E-state index contributed by atoms with van der Waals surface area (Å²) in [5, 5.41) is 0. The van der Waals surface area contributed by atoms with Crippen LogP contribution in [0.15, 0.2) is 12.2 Å². The normalized spacial score (nSPS) is 32.9. The zero-order chi connectivity index (χ0) is 10.8. The van der Waals surface area contributed by atoms with Gasteiger partial charge in [-0.3, -0.25) is 9.80 Å². The summed E-state index contributed by atoms with van der Waals surface area (Å²) in [6.45, 7) is 8.03. The molecule has 0 saturated carbocycles. The lowest BCUT2D eigenvalue weighted by atomic mass is 10.1.